The second-order valence-corrected chi connectivity index (χ2v) is 11.8. The molecule has 5 fully saturated rings. The summed E-state index contributed by atoms with van der Waals surface area (Å²) in [6, 6.07) is 0. The molecule has 1 aliphatic heterocycles. The first-order chi connectivity index (χ1) is 13.0. The Morgan fingerprint density at radius 2 is 1.75 bits per heavy atom. The average Bonchev–Trinajstić information content (AvgIpc) is 2.92. The molecule has 7 heteroatoms. The van der Waals surface area contributed by atoms with E-state index in [0.717, 1.165) is 38.5 Å². The fraction of sp³-hybridized carbons (Fsp3) is 0.952. The molecule has 1 N–H and O–H groups in total. The summed E-state index contributed by atoms with van der Waals surface area (Å²) in [5.74, 6) is 0.718. The summed E-state index contributed by atoms with van der Waals surface area (Å²) in [6.07, 6.45) is 6.39. The van der Waals surface area contributed by atoms with Gasteiger partial charge in [0.1, 0.15) is 5.78 Å². The van der Waals surface area contributed by atoms with E-state index < -0.39 is 27.7 Å². The predicted molar refractivity (Wildman–Crippen MR) is 101 cm³/mol. The zero-order valence-corrected chi connectivity index (χ0v) is 17.8. The number of aliphatic hydroxyl groups excluding tert-OH is 1. The van der Waals surface area contributed by atoms with Crippen LogP contribution in [0.5, 0.6) is 0 Å². The zero-order valence-electron chi connectivity index (χ0n) is 17.0. The molecule has 1 heterocycles. The number of aliphatic hydroxyl groups is 1. The molecular formula is C21H32O6S. The Morgan fingerprint density at radius 3 is 2.39 bits per heavy atom. The lowest BCUT2D eigenvalue weighted by atomic mass is 9.43. The van der Waals surface area contributed by atoms with Crippen molar-refractivity contribution in [1.82, 2.24) is 0 Å². The van der Waals surface area contributed by atoms with Gasteiger partial charge in [0.2, 0.25) is 5.79 Å². The Balaban J connectivity index is 1.52. The van der Waals surface area contributed by atoms with E-state index in [-0.39, 0.29) is 23.7 Å². The largest absolute Gasteiger partial charge is 0.405 e. The lowest BCUT2D eigenvalue weighted by Crippen LogP contribution is -2.71. The highest BCUT2D eigenvalue weighted by Gasteiger charge is 2.73. The molecule has 0 amide bonds. The van der Waals surface area contributed by atoms with Crippen LogP contribution in [0.2, 0.25) is 0 Å². The molecule has 0 radical (unpaired) electrons. The fourth-order valence-electron chi connectivity index (χ4n) is 8.58. The molecule has 158 valence electrons. The maximum atomic E-state index is 12.3. The fourth-order valence-corrected chi connectivity index (χ4v) is 9.75. The third-order valence-corrected chi connectivity index (χ3v) is 10.7. The molecule has 0 aromatic rings. The van der Waals surface area contributed by atoms with E-state index in [1.54, 1.807) is 6.92 Å². The Morgan fingerprint density at radius 1 is 1.04 bits per heavy atom. The monoisotopic (exact) mass is 412 g/mol. The second-order valence-electron chi connectivity index (χ2n) is 10.6. The molecular weight excluding hydrogens is 380 g/mol. The van der Waals surface area contributed by atoms with E-state index in [1.165, 1.54) is 0 Å². The zero-order chi connectivity index (χ0) is 20.1. The van der Waals surface area contributed by atoms with Gasteiger partial charge in [0.05, 0.1) is 6.10 Å². The highest BCUT2D eigenvalue weighted by Crippen LogP contribution is 2.71. The van der Waals surface area contributed by atoms with Crippen molar-refractivity contribution in [2.75, 3.05) is 0 Å². The lowest BCUT2D eigenvalue weighted by molar-refractivity contribution is -0.335. The maximum Gasteiger partial charge on any atom is 0.405 e. The number of hydrogen-bond acceptors (Lipinski definition) is 6. The van der Waals surface area contributed by atoms with Crippen molar-refractivity contribution in [3.05, 3.63) is 0 Å². The van der Waals surface area contributed by atoms with Gasteiger partial charge in [-0.05, 0) is 81.0 Å². The van der Waals surface area contributed by atoms with Crippen molar-refractivity contribution in [2.45, 2.75) is 84.0 Å². The molecule has 8 atom stereocenters. The van der Waals surface area contributed by atoms with Crippen LogP contribution in [0.3, 0.4) is 0 Å². The molecule has 28 heavy (non-hydrogen) atoms. The molecule has 5 rings (SSSR count). The Bertz CT molecular complexity index is 796. The van der Waals surface area contributed by atoms with Gasteiger partial charge in [-0.15, -0.1) is 0 Å². The summed E-state index contributed by atoms with van der Waals surface area (Å²) in [7, 11) is -3.94. The maximum absolute atomic E-state index is 12.3. The van der Waals surface area contributed by atoms with E-state index in [1.807, 2.05) is 0 Å². The number of carbonyl (C=O) groups is 1. The number of ketones is 1. The van der Waals surface area contributed by atoms with Crippen LogP contribution in [0.4, 0.5) is 0 Å². The van der Waals surface area contributed by atoms with Gasteiger partial charge >= 0.3 is 10.4 Å². The SMILES string of the molecule is CC(=O)[C@H]1CC[C@H]2[C@H]3CC[C@H]4C[C@H](O)CC5(OS(=O)(=O)O5)[C@]4(C)[C@H]3CC[C@]12C. The minimum Gasteiger partial charge on any atom is -0.393 e. The number of Topliss-reactive ketones (excluding diaryl/α,β-unsaturated/α-hetero) is 1. The van der Waals surface area contributed by atoms with Gasteiger partial charge < -0.3 is 5.11 Å². The topological polar surface area (TPSA) is 89.9 Å². The first-order valence-corrected chi connectivity index (χ1v) is 12.2. The molecule has 1 saturated heterocycles. The van der Waals surface area contributed by atoms with E-state index >= 15 is 0 Å². The van der Waals surface area contributed by atoms with Crippen molar-refractivity contribution in [1.29, 1.82) is 0 Å². The van der Waals surface area contributed by atoms with Crippen molar-refractivity contribution in [3.63, 3.8) is 0 Å². The predicted octanol–water partition coefficient (Wildman–Crippen LogP) is 3.19. The molecule has 4 aliphatic carbocycles. The summed E-state index contributed by atoms with van der Waals surface area (Å²) < 4.78 is 34.6. The van der Waals surface area contributed by atoms with Gasteiger partial charge in [-0.1, -0.05) is 13.8 Å². The Kier molecular flexibility index (Phi) is 4.03. The smallest absolute Gasteiger partial charge is 0.393 e. The summed E-state index contributed by atoms with van der Waals surface area (Å²) in [5, 5.41) is 10.4. The van der Waals surface area contributed by atoms with E-state index in [9.17, 15) is 18.3 Å². The molecule has 6 nitrogen and oxygen atoms in total. The van der Waals surface area contributed by atoms with E-state index in [2.05, 4.69) is 13.8 Å². The van der Waals surface area contributed by atoms with Gasteiger partial charge in [0, 0.05) is 17.8 Å². The molecule has 0 aromatic heterocycles. The van der Waals surface area contributed by atoms with Crippen LogP contribution in [0, 0.1) is 40.4 Å². The van der Waals surface area contributed by atoms with Crippen LogP contribution < -0.4 is 0 Å². The molecule has 0 bridgehead atoms. The van der Waals surface area contributed by atoms with Crippen molar-refractivity contribution < 1.29 is 26.7 Å². The van der Waals surface area contributed by atoms with Crippen molar-refractivity contribution in [3.8, 4) is 0 Å². The summed E-state index contributed by atoms with van der Waals surface area (Å²) in [5.41, 5.74) is -0.360. The summed E-state index contributed by atoms with van der Waals surface area (Å²) in [6.45, 7) is 6.19. The third kappa shape index (κ3) is 2.30. The summed E-state index contributed by atoms with van der Waals surface area (Å²) in [4.78, 5) is 12.3. The van der Waals surface area contributed by atoms with Crippen LogP contribution in [0.15, 0.2) is 0 Å². The minimum atomic E-state index is -3.94. The van der Waals surface area contributed by atoms with Gasteiger partial charge in [-0.3, -0.25) is 4.79 Å². The third-order valence-electron chi connectivity index (χ3n) is 9.75. The van der Waals surface area contributed by atoms with Crippen LogP contribution in [0.1, 0.15) is 72.1 Å². The standard InChI is InChI=1S/C21H32O6S/c1-12(22)16-6-7-17-15-5-4-13-10-14(23)11-21(26-28(24,25)27-21)20(13,3)18(15)8-9-19(16,17)2/h13-18,23H,4-11H2,1-3H3/t13-,14-,15+,16+,17-,18-,19+,20-/m0/s1. The number of carbonyl (C=O) groups excluding carboxylic acids is 1. The molecule has 1 spiro atoms. The van der Waals surface area contributed by atoms with Crippen LogP contribution in [-0.4, -0.2) is 31.2 Å². The molecule has 0 aromatic carbocycles. The first kappa shape index (κ1) is 19.5. The van der Waals surface area contributed by atoms with Crippen molar-refractivity contribution >= 4 is 16.2 Å². The minimum absolute atomic E-state index is 0.0605. The highest BCUT2D eigenvalue weighted by atomic mass is 32.3. The quantitative estimate of drug-likeness (QED) is 0.711. The molecule has 0 unspecified atom stereocenters. The highest BCUT2D eigenvalue weighted by molar-refractivity contribution is 7.82. The first-order valence-electron chi connectivity index (χ1n) is 10.9. The number of hydrogen-bond donors (Lipinski definition) is 1. The van der Waals surface area contributed by atoms with E-state index in [0.29, 0.717) is 30.0 Å². The average molecular weight is 413 g/mol. The lowest BCUT2D eigenvalue weighted by Gasteiger charge is -2.67. The summed E-state index contributed by atoms with van der Waals surface area (Å²) >= 11 is 0. The Labute approximate surface area is 167 Å². The van der Waals surface area contributed by atoms with E-state index in [4.69, 9.17) is 8.37 Å². The molecule has 5 aliphatic rings. The van der Waals surface area contributed by atoms with Gasteiger partial charge in [-0.25, -0.2) is 8.37 Å². The Hall–Kier alpha value is -0.500. The normalized spacial score (nSPS) is 53.6. The van der Waals surface area contributed by atoms with Crippen LogP contribution >= 0.6 is 0 Å². The van der Waals surface area contributed by atoms with Gasteiger partial charge in [-0.2, -0.15) is 8.42 Å². The van der Waals surface area contributed by atoms with Crippen molar-refractivity contribution in [2.24, 2.45) is 40.4 Å². The second kappa shape index (κ2) is 5.80. The molecule has 4 saturated carbocycles. The van der Waals surface area contributed by atoms with Gasteiger partial charge in [0.15, 0.2) is 0 Å². The van der Waals surface area contributed by atoms with Crippen LogP contribution in [-0.2, 0) is 23.6 Å². The number of fused-ring (bicyclic) bond motifs is 6. The van der Waals surface area contributed by atoms with Crippen LogP contribution in [0.25, 0.3) is 0 Å². The number of rotatable bonds is 1. The van der Waals surface area contributed by atoms with Gasteiger partial charge in [0.25, 0.3) is 0 Å².